The lowest BCUT2D eigenvalue weighted by Crippen LogP contribution is -2.45. The Morgan fingerprint density at radius 1 is 1.43 bits per heavy atom. The van der Waals surface area contributed by atoms with Gasteiger partial charge in [0, 0.05) is 18.6 Å². The highest BCUT2D eigenvalue weighted by Crippen LogP contribution is 2.27. The number of nitrogens with zero attached hydrogens (tertiary/aromatic N) is 2. The van der Waals surface area contributed by atoms with Gasteiger partial charge >= 0.3 is 0 Å². The third-order valence-electron chi connectivity index (χ3n) is 4.62. The minimum atomic E-state index is -0.373. The highest BCUT2D eigenvalue weighted by molar-refractivity contribution is 6.30. The van der Waals surface area contributed by atoms with Gasteiger partial charge < -0.3 is 10.6 Å². The normalized spacial score (nSPS) is 19.1. The van der Waals surface area contributed by atoms with E-state index in [4.69, 9.17) is 17.3 Å². The van der Waals surface area contributed by atoms with Crippen LogP contribution in [0.25, 0.3) is 0 Å². The van der Waals surface area contributed by atoms with Gasteiger partial charge in [-0.1, -0.05) is 24.6 Å². The number of likely N-dealkylation sites (tertiary alicyclic amines) is 1. The van der Waals surface area contributed by atoms with E-state index in [0.717, 1.165) is 38.0 Å². The molecule has 0 bridgehead atoms. The van der Waals surface area contributed by atoms with Crippen molar-refractivity contribution in [1.29, 1.82) is 0 Å². The molecular formula is C16H25ClFN3. The summed E-state index contributed by atoms with van der Waals surface area (Å²) >= 11 is 5.76. The Morgan fingerprint density at radius 2 is 2.10 bits per heavy atom. The highest BCUT2D eigenvalue weighted by Gasteiger charge is 2.27. The maximum Gasteiger partial charge on any atom is 0.142 e. The minimum absolute atomic E-state index is 0.0370. The number of halogens is 2. The van der Waals surface area contributed by atoms with Gasteiger partial charge in [0.25, 0.3) is 0 Å². The molecule has 0 spiro atoms. The lowest BCUT2D eigenvalue weighted by molar-refractivity contribution is 0.101. The fourth-order valence-corrected chi connectivity index (χ4v) is 3.27. The van der Waals surface area contributed by atoms with Crippen molar-refractivity contribution < 1.29 is 4.39 Å². The van der Waals surface area contributed by atoms with Crippen molar-refractivity contribution in [2.24, 2.45) is 5.73 Å². The molecule has 1 saturated heterocycles. The molecule has 0 aromatic heterocycles. The van der Waals surface area contributed by atoms with E-state index in [9.17, 15) is 4.39 Å². The van der Waals surface area contributed by atoms with Crippen molar-refractivity contribution in [2.45, 2.75) is 31.8 Å². The van der Waals surface area contributed by atoms with E-state index in [0.29, 0.717) is 12.6 Å². The maximum absolute atomic E-state index is 13.7. The second-order valence-electron chi connectivity index (χ2n) is 5.76. The van der Waals surface area contributed by atoms with E-state index in [2.05, 4.69) is 23.8 Å². The lowest BCUT2D eigenvalue weighted by atomic mass is 9.98. The van der Waals surface area contributed by atoms with Crippen LogP contribution in [0.3, 0.4) is 0 Å². The van der Waals surface area contributed by atoms with E-state index in [1.54, 1.807) is 6.07 Å². The van der Waals surface area contributed by atoms with E-state index in [-0.39, 0.29) is 16.9 Å². The molecule has 0 aliphatic carbocycles. The third kappa shape index (κ3) is 3.95. The topological polar surface area (TPSA) is 32.5 Å². The Balaban J connectivity index is 2.08. The van der Waals surface area contributed by atoms with E-state index in [1.165, 1.54) is 6.07 Å². The average molecular weight is 314 g/mol. The molecule has 1 heterocycles. The molecule has 118 valence electrons. The number of hydrogen-bond acceptors (Lipinski definition) is 3. The van der Waals surface area contributed by atoms with Gasteiger partial charge in [0.1, 0.15) is 5.82 Å². The van der Waals surface area contributed by atoms with Crippen molar-refractivity contribution in [3.05, 3.63) is 34.6 Å². The van der Waals surface area contributed by atoms with Crippen LogP contribution in [-0.4, -0.2) is 49.1 Å². The minimum Gasteiger partial charge on any atom is -0.329 e. The average Bonchev–Trinajstić information content (AvgIpc) is 2.51. The second-order valence-corrected chi connectivity index (χ2v) is 6.16. The van der Waals surface area contributed by atoms with Crippen LogP contribution in [0.1, 0.15) is 31.4 Å². The van der Waals surface area contributed by atoms with Crippen LogP contribution in [-0.2, 0) is 0 Å². The van der Waals surface area contributed by atoms with Gasteiger partial charge in [0.2, 0.25) is 0 Å². The van der Waals surface area contributed by atoms with E-state index >= 15 is 0 Å². The lowest BCUT2D eigenvalue weighted by Gasteiger charge is -2.40. The van der Waals surface area contributed by atoms with Crippen LogP contribution >= 0.6 is 11.6 Å². The number of hydrogen-bond donors (Lipinski definition) is 1. The molecule has 1 fully saturated rings. The Morgan fingerprint density at radius 3 is 2.62 bits per heavy atom. The standard InChI is InChI=1S/C16H25ClFN3/c1-3-21-8-6-13(7-9-21)20(2)16(11-19)12-4-5-14(17)15(18)10-12/h4-5,10,13,16H,3,6-9,11,19H2,1-2H3. The Hall–Kier alpha value is -0.680. The van der Waals surface area contributed by atoms with Crippen LogP contribution < -0.4 is 5.73 Å². The molecule has 2 N–H and O–H groups in total. The molecule has 0 radical (unpaired) electrons. The zero-order chi connectivity index (χ0) is 15.4. The summed E-state index contributed by atoms with van der Waals surface area (Å²) in [6, 6.07) is 5.54. The van der Waals surface area contributed by atoms with Gasteiger partial charge in [-0.05, 0) is 57.2 Å². The Kier molecular flexibility index (Phi) is 5.99. The van der Waals surface area contributed by atoms with E-state index < -0.39 is 0 Å². The Bertz CT molecular complexity index is 461. The van der Waals surface area contributed by atoms with E-state index in [1.807, 2.05) is 6.07 Å². The van der Waals surface area contributed by atoms with Crippen molar-refractivity contribution >= 4 is 11.6 Å². The smallest absolute Gasteiger partial charge is 0.142 e. The van der Waals surface area contributed by atoms with Crippen LogP contribution in [0.15, 0.2) is 18.2 Å². The zero-order valence-corrected chi connectivity index (χ0v) is 13.6. The summed E-state index contributed by atoms with van der Waals surface area (Å²) in [5, 5.41) is 0.161. The van der Waals surface area contributed by atoms with Crippen LogP contribution in [0.2, 0.25) is 5.02 Å². The number of rotatable bonds is 5. The SMILES string of the molecule is CCN1CCC(N(C)C(CN)c2ccc(Cl)c(F)c2)CC1. The molecule has 1 atom stereocenters. The molecule has 21 heavy (non-hydrogen) atoms. The molecule has 1 aromatic rings. The second kappa shape index (κ2) is 7.54. The van der Waals surface area contributed by atoms with Crippen LogP contribution in [0.5, 0.6) is 0 Å². The zero-order valence-electron chi connectivity index (χ0n) is 12.9. The quantitative estimate of drug-likeness (QED) is 0.907. The predicted molar refractivity (Wildman–Crippen MR) is 86.1 cm³/mol. The first-order chi connectivity index (χ1) is 10.1. The van der Waals surface area contributed by atoms with Crippen LogP contribution in [0, 0.1) is 5.82 Å². The first-order valence-corrected chi connectivity index (χ1v) is 8.04. The maximum atomic E-state index is 13.7. The van der Waals surface area contributed by atoms with Gasteiger partial charge in [-0.3, -0.25) is 4.90 Å². The molecule has 0 saturated carbocycles. The summed E-state index contributed by atoms with van der Waals surface area (Å²) < 4.78 is 13.7. The molecule has 1 aromatic carbocycles. The van der Waals surface area contributed by atoms with Crippen molar-refractivity contribution in [1.82, 2.24) is 9.80 Å². The predicted octanol–water partition coefficient (Wildman–Crippen LogP) is 2.90. The van der Waals surface area contributed by atoms with Crippen molar-refractivity contribution in [2.75, 3.05) is 33.2 Å². The summed E-state index contributed by atoms with van der Waals surface area (Å²) in [5.74, 6) is -0.373. The number of nitrogens with two attached hydrogens (primary N) is 1. The van der Waals surface area contributed by atoms with Crippen molar-refractivity contribution in [3.63, 3.8) is 0 Å². The molecule has 2 rings (SSSR count). The van der Waals surface area contributed by atoms with Crippen LogP contribution in [0.4, 0.5) is 4.39 Å². The summed E-state index contributed by atoms with van der Waals surface area (Å²) in [6.45, 7) is 6.03. The number of benzene rings is 1. The summed E-state index contributed by atoms with van der Waals surface area (Å²) in [5.41, 5.74) is 6.85. The van der Waals surface area contributed by atoms with Gasteiger partial charge in [0.05, 0.1) is 5.02 Å². The molecular weight excluding hydrogens is 289 g/mol. The molecule has 1 unspecified atom stereocenters. The fourth-order valence-electron chi connectivity index (χ4n) is 3.15. The number of likely N-dealkylation sites (N-methyl/N-ethyl adjacent to an activating group) is 1. The monoisotopic (exact) mass is 313 g/mol. The molecule has 5 heteroatoms. The van der Waals surface area contributed by atoms with Gasteiger partial charge in [0.15, 0.2) is 0 Å². The number of piperidine rings is 1. The fraction of sp³-hybridized carbons (Fsp3) is 0.625. The Labute approximate surface area is 131 Å². The van der Waals surface area contributed by atoms with Gasteiger partial charge in [-0.15, -0.1) is 0 Å². The van der Waals surface area contributed by atoms with Crippen molar-refractivity contribution in [3.8, 4) is 0 Å². The first kappa shape index (κ1) is 16.7. The molecule has 1 aliphatic rings. The molecule has 3 nitrogen and oxygen atoms in total. The summed E-state index contributed by atoms with van der Waals surface area (Å²) in [6.07, 6.45) is 2.27. The third-order valence-corrected chi connectivity index (χ3v) is 4.93. The molecule has 0 amide bonds. The summed E-state index contributed by atoms with van der Waals surface area (Å²) in [7, 11) is 2.09. The van der Waals surface area contributed by atoms with Gasteiger partial charge in [-0.25, -0.2) is 4.39 Å². The largest absolute Gasteiger partial charge is 0.329 e. The first-order valence-electron chi connectivity index (χ1n) is 7.66. The molecule has 1 aliphatic heterocycles. The highest BCUT2D eigenvalue weighted by atomic mass is 35.5. The summed E-state index contributed by atoms with van der Waals surface area (Å²) in [4.78, 5) is 4.76. The van der Waals surface area contributed by atoms with Gasteiger partial charge in [-0.2, -0.15) is 0 Å².